The standard InChI is InChI=1S/C9H14.Pt/c1-3-8(2)9-6-4-5-7-9;/h4-9H,3H2,1-2H3;. The van der Waals surface area contributed by atoms with Crippen molar-refractivity contribution in [3.05, 3.63) is 24.3 Å². The van der Waals surface area contributed by atoms with Crippen LogP contribution in [0.1, 0.15) is 20.3 Å². The minimum atomic E-state index is 0. The van der Waals surface area contributed by atoms with Gasteiger partial charge in [0.25, 0.3) is 0 Å². The summed E-state index contributed by atoms with van der Waals surface area (Å²) in [6, 6.07) is 0. The van der Waals surface area contributed by atoms with E-state index in [0.29, 0.717) is 0 Å². The Hall–Kier alpha value is 0.168. The van der Waals surface area contributed by atoms with Gasteiger partial charge in [-0.1, -0.05) is 44.6 Å². The van der Waals surface area contributed by atoms with E-state index in [0.717, 1.165) is 11.8 Å². The summed E-state index contributed by atoms with van der Waals surface area (Å²) in [5.41, 5.74) is 0. The van der Waals surface area contributed by atoms with Crippen molar-refractivity contribution in [2.75, 3.05) is 0 Å². The third-order valence-corrected chi connectivity index (χ3v) is 2.08. The van der Waals surface area contributed by atoms with Crippen molar-refractivity contribution >= 4 is 0 Å². The molecule has 0 saturated heterocycles. The minimum Gasteiger partial charge on any atom is -0.0774 e. The summed E-state index contributed by atoms with van der Waals surface area (Å²) in [4.78, 5) is 0. The van der Waals surface area contributed by atoms with Crippen LogP contribution < -0.4 is 0 Å². The van der Waals surface area contributed by atoms with Crippen LogP contribution in [-0.4, -0.2) is 0 Å². The molecule has 1 heteroatoms. The van der Waals surface area contributed by atoms with Gasteiger partial charge in [-0.2, -0.15) is 0 Å². The number of hydrogen-bond donors (Lipinski definition) is 0. The second kappa shape index (κ2) is 4.90. The molecule has 0 N–H and O–H groups in total. The van der Waals surface area contributed by atoms with E-state index in [4.69, 9.17) is 0 Å². The predicted molar refractivity (Wildman–Crippen MR) is 41.2 cm³/mol. The fraction of sp³-hybridized carbons (Fsp3) is 0.556. The van der Waals surface area contributed by atoms with Gasteiger partial charge in [0.15, 0.2) is 0 Å². The monoisotopic (exact) mass is 317 g/mol. The predicted octanol–water partition coefficient (Wildman–Crippen LogP) is 2.77. The molecule has 0 heterocycles. The number of rotatable bonds is 2. The summed E-state index contributed by atoms with van der Waals surface area (Å²) in [5.74, 6) is 1.54. The zero-order chi connectivity index (χ0) is 6.69. The molecule has 0 nitrogen and oxygen atoms in total. The summed E-state index contributed by atoms with van der Waals surface area (Å²) in [7, 11) is 0. The fourth-order valence-electron chi connectivity index (χ4n) is 1.10. The van der Waals surface area contributed by atoms with Crippen LogP contribution in [0.5, 0.6) is 0 Å². The van der Waals surface area contributed by atoms with Gasteiger partial charge in [0.05, 0.1) is 0 Å². The smallest absolute Gasteiger partial charge is 0 e. The second-order valence-corrected chi connectivity index (χ2v) is 2.73. The Kier molecular flexibility index (Phi) is 4.99. The van der Waals surface area contributed by atoms with E-state index < -0.39 is 0 Å². The molecule has 10 heavy (non-hydrogen) atoms. The molecule has 0 saturated carbocycles. The van der Waals surface area contributed by atoms with Crippen LogP contribution in [0.2, 0.25) is 0 Å². The molecule has 0 bridgehead atoms. The minimum absolute atomic E-state index is 0. The Morgan fingerprint density at radius 1 is 1.30 bits per heavy atom. The molecule has 1 unspecified atom stereocenters. The molecule has 1 aliphatic rings. The van der Waals surface area contributed by atoms with E-state index in [1.807, 2.05) is 0 Å². The van der Waals surface area contributed by atoms with E-state index >= 15 is 0 Å². The average molecular weight is 317 g/mol. The Labute approximate surface area is 77.7 Å². The maximum absolute atomic E-state index is 2.30. The Bertz CT molecular complexity index is 124. The first kappa shape index (κ1) is 10.2. The third-order valence-electron chi connectivity index (χ3n) is 2.08. The molecule has 0 aromatic heterocycles. The van der Waals surface area contributed by atoms with Crippen LogP contribution in [0.25, 0.3) is 0 Å². The Morgan fingerprint density at radius 3 is 2.20 bits per heavy atom. The molecular formula is C9H14Pt. The van der Waals surface area contributed by atoms with Gasteiger partial charge in [0.1, 0.15) is 0 Å². The summed E-state index contributed by atoms with van der Waals surface area (Å²) < 4.78 is 0. The molecule has 60 valence electrons. The molecule has 0 amide bonds. The Morgan fingerprint density at radius 2 is 1.80 bits per heavy atom. The van der Waals surface area contributed by atoms with Crippen LogP contribution >= 0.6 is 0 Å². The quantitative estimate of drug-likeness (QED) is 0.735. The van der Waals surface area contributed by atoms with Crippen molar-refractivity contribution in [3.63, 3.8) is 0 Å². The first-order valence-electron chi connectivity index (χ1n) is 3.69. The van der Waals surface area contributed by atoms with Gasteiger partial charge in [-0.3, -0.25) is 0 Å². The molecule has 1 rings (SSSR count). The molecule has 0 aromatic carbocycles. The van der Waals surface area contributed by atoms with Gasteiger partial charge in [-0.25, -0.2) is 0 Å². The molecule has 0 radical (unpaired) electrons. The largest absolute Gasteiger partial charge is 0.0774 e. The van der Waals surface area contributed by atoms with Gasteiger partial charge < -0.3 is 0 Å². The summed E-state index contributed by atoms with van der Waals surface area (Å²) in [5, 5.41) is 0. The average Bonchev–Trinajstić information content (AvgIpc) is 2.37. The zero-order valence-electron chi connectivity index (χ0n) is 6.49. The maximum Gasteiger partial charge on any atom is 0 e. The van der Waals surface area contributed by atoms with Gasteiger partial charge in [0.2, 0.25) is 0 Å². The molecular weight excluding hydrogens is 303 g/mol. The van der Waals surface area contributed by atoms with Crippen LogP contribution in [0.15, 0.2) is 24.3 Å². The molecule has 0 aromatic rings. The van der Waals surface area contributed by atoms with Crippen molar-refractivity contribution in [3.8, 4) is 0 Å². The first-order valence-corrected chi connectivity index (χ1v) is 3.69. The van der Waals surface area contributed by atoms with Crippen LogP contribution in [0.4, 0.5) is 0 Å². The van der Waals surface area contributed by atoms with Crippen LogP contribution in [-0.2, 0) is 21.1 Å². The first-order chi connectivity index (χ1) is 4.34. The topological polar surface area (TPSA) is 0 Å². The zero-order valence-corrected chi connectivity index (χ0v) is 8.76. The van der Waals surface area contributed by atoms with E-state index in [-0.39, 0.29) is 21.1 Å². The van der Waals surface area contributed by atoms with Crippen molar-refractivity contribution in [2.24, 2.45) is 11.8 Å². The SMILES string of the molecule is CCC(C)C1C=CC=C1.[Pt]. The normalized spacial score (nSPS) is 19.0. The maximum atomic E-state index is 2.30. The van der Waals surface area contributed by atoms with Crippen molar-refractivity contribution < 1.29 is 21.1 Å². The fourth-order valence-corrected chi connectivity index (χ4v) is 1.10. The van der Waals surface area contributed by atoms with Crippen molar-refractivity contribution in [1.29, 1.82) is 0 Å². The van der Waals surface area contributed by atoms with E-state index in [2.05, 4.69) is 38.2 Å². The van der Waals surface area contributed by atoms with E-state index in [1.54, 1.807) is 0 Å². The van der Waals surface area contributed by atoms with E-state index in [1.165, 1.54) is 6.42 Å². The number of hydrogen-bond acceptors (Lipinski definition) is 0. The van der Waals surface area contributed by atoms with E-state index in [9.17, 15) is 0 Å². The third kappa shape index (κ3) is 2.42. The molecule has 0 fully saturated rings. The Balaban J connectivity index is 0.000000810. The summed E-state index contributed by atoms with van der Waals surface area (Å²) in [6.07, 6.45) is 10.1. The molecule has 0 aliphatic heterocycles. The summed E-state index contributed by atoms with van der Waals surface area (Å²) >= 11 is 0. The van der Waals surface area contributed by atoms with Gasteiger partial charge in [-0.05, 0) is 11.8 Å². The molecule has 0 spiro atoms. The van der Waals surface area contributed by atoms with Crippen LogP contribution in [0, 0.1) is 11.8 Å². The molecule has 1 atom stereocenters. The summed E-state index contributed by atoms with van der Waals surface area (Å²) in [6.45, 7) is 4.54. The van der Waals surface area contributed by atoms with Crippen molar-refractivity contribution in [2.45, 2.75) is 20.3 Å². The second-order valence-electron chi connectivity index (χ2n) is 2.73. The van der Waals surface area contributed by atoms with Crippen molar-refractivity contribution in [1.82, 2.24) is 0 Å². The number of allylic oxidation sites excluding steroid dienone is 4. The van der Waals surface area contributed by atoms with Gasteiger partial charge in [0, 0.05) is 21.1 Å². The molecule has 1 aliphatic carbocycles. The van der Waals surface area contributed by atoms with Gasteiger partial charge in [-0.15, -0.1) is 0 Å². The van der Waals surface area contributed by atoms with Gasteiger partial charge >= 0.3 is 0 Å². The van der Waals surface area contributed by atoms with Crippen LogP contribution in [0.3, 0.4) is 0 Å².